The second-order valence-electron chi connectivity index (χ2n) is 7.67. The Kier molecular flexibility index (Phi) is 7.28. The first-order chi connectivity index (χ1) is 14.5. The molecule has 1 heterocycles. The lowest BCUT2D eigenvalue weighted by Gasteiger charge is -2.43. The van der Waals surface area contributed by atoms with Gasteiger partial charge in [0, 0.05) is 23.0 Å². The molecule has 0 spiro atoms. The molecular weight excluding hydrogens is 466 g/mol. The summed E-state index contributed by atoms with van der Waals surface area (Å²) in [6.45, 7) is 1.72. The summed E-state index contributed by atoms with van der Waals surface area (Å²) in [5, 5.41) is 0.367. The van der Waals surface area contributed by atoms with Crippen LogP contribution in [0, 0.1) is 5.82 Å². The monoisotopic (exact) mass is 488 g/mol. The Labute approximate surface area is 191 Å². The number of carbonyl (C=O) groups excluding carboxylic acids is 1. The summed E-state index contributed by atoms with van der Waals surface area (Å²) in [4.78, 5) is 12.6. The molecule has 6 nitrogen and oxygen atoms in total. The van der Waals surface area contributed by atoms with E-state index in [1.807, 2.05) is 0 Å². The lowest BCUT2D eigenvalue weighted by atomic mass is 10.0. The van der Waals surface area contributed by atoms with Crippen molar-refractivity contribution in [2.45, 2.75) is 49.3 Å². The van der Waals surface area contributed by atoms with E-state index in [0.717, 1.165) is 4.31 Å². The summed E-state index contributed by atoms with van der Waals surface area (Å²) in [5.41, 5.74) is 5.25. The van der Waals surface area contributed by atoms with Gasteiger partial charge >= 0.3 is 5.97 Å². The lowest BCUT2D eigenvalue weighted by Crippen LogP contribution is -2.56. The maximum absolute atomic E-state index is 13.3. The van der Waals surface area contributed by atoms with E-state index in [-0.39, 0.29) is 27.9 Å². The van der Waals surface area contributed by atoms with E-state index in [0.29, 0.717) is 24.8 Å². The van der Waals surface area contributed by atoms with Crippen molar-refractivity contribution in [3.05, 3.63) is 63.9 Å². The van der Waals surface area contributed by atoms with Gasteiger partial charge in [0.05, 0.1) is 4.90 Å². The number of piperidine rings is 1. The van der Waals surface area contributed by atoms with Crippen LogP contribution in [0.25, 0.3) is 0 Å². The lowest BCUT2D eigenvalue weighted by molar-refractivity contribution is -0.177. The average Bonchev–Trinajstić information content (AvgIpc) is 2.68. The van der Waals surface area contributed by atoms with Crippen LogP contribution in [0.2, 0.25) is 10.0 Å². The molecule has 2 N–H and O–H groups in total. The van der Waals surface area contributed by atoms with Gasteiger partial charge in [0.25, 0.3) is 0 Å². The molecule has 0 saturated carbocycles. The van der Waals surface area contributed by atoms with Crippen LogP contribution in [0.3, 0.4) is 0 Å². The molecule has 31 heavy (non-hydrogen) atoms. The van der Waals surface area contributed by atoms with E-state index in [1.54, 1.807) is 6.92 Å². The topological polar surface area (TPSA) is 89.7 Å². The predicted octanol–water partition coefficient (Wildman–Crippen LogP) is 4.14. The van der Waals surface area contributed by atoms with E-state index in [2.05, 4.69) is 0 Å². The van der Waals surface area contributed by atoms with Crippen LogP contribution in [0.4, 0.5) is 4.39 Å². The second-order valence-corrected chi connectivity index (χ2v) is 10.4. The SMILES string of the molecule is CC1(OC(=O)[C@@H](N)Cc2ccc(F)cc2)CCCCN1S(=O)(=O)c1cc(Cl)cc(Cl)c1. The molecule has 1 aliphatic rings. The zero-order valence-corrected chi connectivity index (χ0v) is 19.2. The van der Waals surface area contributed by atoms with Gasteiger partial charge in [-0.25, -0.2) is 12.8 Å². The van der Waals surface area contributed by atoms with Crippen LogP contribution in [-0.2, 0) is 26.0 Å². The maximum atomic E-state index is 13.3. The molecule has 2 atom stereocenters. The minimum absolute atomic E-state index is 0.0789. The number of nitrogens with zero attached hydrogens (tertiary/aromatic N) is 1. The van der Waals surface area contributed by atoms with E-state index >= 15 is 0 Å². The fraction of sp³-hybridized carbons (Fsp3) is 0.381. The van der Waals surface area contributed by atoms with Crippen molar-refractivity contribution >= 4 is 39.2 Å². The van der Waals surface area contributed by atoms with Gasteiger partial charge in [-0.2, -0.15) is 4.31 Å². The number of halogens is 3. The van der Waals surface area contributed by atoms with Crippen LogP contribution in [0.1, 0.15) is 31.7 Å². The predicted molar refractivity (Wildman–Crippen MR) is 117 cm³/mol. The number of hydrogen-bond donors (Lipinski definition) is 1. The quantitative estimate of drug-likeness (QED) is 0.617. The minimum Gasteiger partial charge on any atom is -0.442 e. The molecule has 0 amide bonds. The Morgan fingerprint density at radius 1 is 1.19 bits per heavy atom. The Morgan fingerprint density at radius 3 is 2.42 bits per heavy atom. The molecule has 0 radical (unpaired) electrons. The van der Waals surface area contributed by atoms with Crippen LogP contribution >= 0.6 is 23.2 Å². The third-order valence-corrected chi connectivity index (χ3v) is 7.61. The van der Waals surface area contributed by atoms with Gasteiger partial charge in [-0.05, 0) is 62.1 Å². The molecule has 10 heteroatoms. The molecule has 1 fully saturated rings. The Morgan fingerprint density at radius 2 is 1.81 bits per heavy atom. The van der Waals surface area contributed by atoms with Crippen molar-refractivity contribution in [3.8, 4) is 0 Å². The summed E-state index contributed by atoms with van der Waals surface area (Å²) in [7, 11) is -4.04. The van der Waals surface area contributed by atoms with Crippen molar-refractivity contribution in [1.29, 1.82) is 0 Å². The first-order valence-electron chi connectivity index (χ1n) is 9.73. The van der Waals surface area contributed by atoms with Crippen LogP contribution in [0.15, 0.2) is 47.4 Å². The molecule has 0 bridgehead atoms. The molecule has 1 aliphatic heterocycles. The minimum atomic E-state index is -4.04. The highest BCUT2D eigenvalue weighted by molar-refractivity contribution is 7.89. The third kappa shape index (κ3) is 5.56. The number of nitrogens with two attached hydrogens (primary N) is 1. The van der Waals surface area contributed by atoms with E-state index in [9.17, 15) is 17.6 Å². The van der Waals surface area contributed by atoms with Crippen LogP contribution in [0.5, 0.6) is 0 Å². The highest BCUT2D eigenvalue weighted by Gasteiger charge is 2.46. The number of carbonyl (C=O) groups is 1. The maximum Gasteiger partial charge on any atom is 0.325 e. The molecule has 2 aromatic carbocycles. The summed E-state index contributed by atoms with van der Waals surface area (Å²) < 4.78 is 46.6. The van der Waals surface area contributed by atoms with Gasteiger partial charge < -0.3 is 10.5 Å². The Hall–Kier alpha value is -1.71. The number of hydrogen-bond acceptors (Lipinski definition) is 5. The second kappa shape index (κ2) is 9.42. The molecule has 3 rings (SSSR count). The average molecular weight is 489 g/mol. The van der Waals surface area contributed by atoms with Crippen molar-refractivity contribution in [2.24, 2.45) is 5.73 Å². The van der Waals surface area contributed by atoms with Crippen molar-refractivity contribution in [3.63, 3.8) is 0 Å². The molecule has 1 unspecified atom stereocenters. The van der Waals surface area contributed by atoms with Crippen LogP contribution < -0.4 is 5.73 Å². The van der Waals surface area contributed by atoms with Gasteiger partial charge in [0.1, 0.15) is 11.9 Å². The molecule has 168 valence electrons. The largest absolute Gasteiger partial charge is 0.442 e. The van der Waals surface area contributed by atoms with E-state index in [4.69, 9.17) is 33.7 Å². The fourth-order valence-electron chi connectivity index (χ4n) is 3.60. The molecular formula is C21H23Cl2FN2O4S. The Bertz CT molecular complexity index is 1050. The number of ether oxygens (including phenoxy) is 1. The van der Waals surface area contributed by atoms with Gasteiger partial charge in [-0.3, -0.25) is 4.79 Å². The smallest absolute Gasteiger partial charge is 0.325 e. The highest BCUT2D eigenvalue weighted by atomic mass is 35.5. The van der Waals surface area contributed by atoms with Crippen molar-refractivity contribution < 1.29 is 22.3 Å². The van der Waals surface area contributed by atoms with E-state index < -0.39 is 33.6 Å². The number of rotatable bonds is 6. The van der Waals surface area contributed by atoms with Gasteiger partial charge in [-0.15, -0.1) is 0 Å². The first kappa shape index (κ1) is 23.9. The van der Waals surface area contributed by atoms with Gasteiger partial charge in [-0.1, -0.05) is 35.3 Å². The molecule has 1 saturated heterocycles. The summed E-state index contributed by atoms with van der Waals surface area (Å²) in [6.07, 6.45) is 1.74. The Balaban J connectivity index is 1.82. The standard InChI is InChI=1S/C21H23Cl2FN2O4S/c1-21(30-20(27)19(25)10-14-4-6-17(24)7-5-14)8-2-3-9-26(21)31(28,29)18-12-15(22)11-16(23)13-18/h4-7,11-13,19H,2-3,8-10,25H2,1H3/t19-,21?/m0/s1. The number of esters is 1. The number of sulfonamides is 1. The van der Waals surface area contributed by atoms with Crippen molar-refractivity contribution in [2.75, 3.05) is 6.54 Å². The summed E-state index contributed by atoms with van der Waals surface area (Å²) in [6, 6.07) is 8.63. The van der Waals surface area contributed by atoms with Crippen LogP contribution in [-0.4, -0.2) is 37.0 Å². The van der Waals surface area contributed by atoms with Gasteiger partial charge in [0.2, 0.25) is 10.0 Å². The summed E-state index contributed by atoms with van der Waals surface area (Å²) in [5.74, 6) is -1.13. The van der Waals surface area contributed by atoms with Gasteiger partial charge in [0.15, 0.2) is 5.72 Å². The summed E-state index contributed by atoms with van der Waals surface area (Å²) >= 11 is 12.0. The van der Waals surface area contributed by atoms with E-state index in [1.165, 1.54) is 42.5 Å². The van der Waals surface area contributed by atoms with Crippen molar-refractivity contribution in [1.82, 2.24) is 4.31 Å². The zero-order valence-electron chi connectivity index (χ0n) is 16.9. The molecule has 0 aromatic heterocycles. The molecule has 0 aliphatic carbocycles. The number of benzene rings is 2. The highest BCUT2D eigenvalue weighted by Crippen LogP contribution is 2.36. The normalized spacial score (nSPS) is 20.9. The first-order valence-corrected chi connectivity index (χ1v) is 11.9. The molecule has 2 aromatic rings. The third-order valence-electron chi connectivity index (χ3n) is 5.20. The zero-order chi connectivity index (χ0) is 22.8. The fourth-order valence-corrected chi connectivity index (χ4v) is 6.07.